The Hall–Kier alpha value is -1.85. The summed E-state index contributed by atoms with van der Waals surface area (Å²) in [5.74, 6) is -1.21. The van der Waals surface area contributed by atoms with Crippen LogP contribution in [-0.2, 0) is 16.1 Å². The molecule has 1 amide bonds. The highest BCUT2D eigenvalue weighted by Crippen LogP contribution is 2.34. The number of carbonyl (C=O) groups excluding carboxylic acids is 1. The summed E-state index contributed by atoms with van der Waals surface area (Å²) in [5, 5.41) is 13.4. The number of carboxylic acids is 1. The monoisotopic (exact) mass is 251 g/mol. The van der Waals surface area contributed by atoms with Crippen LogP contribution in [0.3, 0.4) is 0 Å². The van der Waals surface area contributed by atoms with Gasteiger partial charge in [-0.2, -0.15) is 5.10 Å². The van der Waals surface area contributed by atoms with Crippen molar-refractivity contribution in [1.29, 1.82) is 0 Å². The molecule has 0 bridgehead atoms. The molecule has 1 aromatic heterocycles. The Bertz CT molecular complexity index is 465. The first kappa shape index (κ1) is 12.6. The third kappa shape index (κ3) is 2.37. The second-order valence-electron chi connectivity index (χ2n) is 4.53. The number of aliphatic carboxylic acids is 1. The lowest BCUT2D eigenvalue weighted by molar-refractivity contribution is -0.150. The topological polar surface area (TPSA) is 75.4 Å². The largest absolute Gasteiger partial charge is 0.479 e. The van der Waals surface area contributed by atoms with E-state index in [1.54, 1.807) is 10.9 Å². The molecule has 98 valence electrons. The van der Waals surface area contributed by atoms with Gasteiger partial charge in [-0.25, -0.2) is 4.79 Å². The van der Waals surface area contributed by atoms with E-state index >= 15 is 0 Å². The van der Waals surface area contributed by atoms with E-state index in [2.05, 4.69) is 5.10 Å². The minimum Gasteiger partial charge on any atom is -0.479 e. The van der Waals surface area contributed by atoms with Gasteiger partial charge in [-0.3, -0.25) is 9.48 Å². The van der Waals surface area contributed by atoms with E-state index in [9.17, 15) is 14.7 Å². The quantitative estimate of drug-likeness (QED) is 0.848. The summed E-state index contributed by atoms with van der Waals surface area (Å²) in [4.78, 5) is 24.6. The molecule has 1 aliphatic carbocycles. The highest BCUT2D eigenvalue weighted by molar-refractivity contribution is 5.83. The first-order chi connectivity index (χ1) is 8.54. The molecule has 0 radical (unpaired) electrons. The molecule has 1 aliphatic rings. The highest BCUT2D eigenvalue weighted by atomic mass is 16.4. The summed E-state index contributed by atoms with van der Waals surface area (Å²) in [7, 11) is 0. The third-order valence-corrected chi connectivity index (χ3v) is 3.11. The maximum absolute atomic E-state index is 11.7. The molecule has 18 heavy (non-hydrogen) atoms. The number of nitrogens with zero attached hydrogens (tertiary/aromatic N) is 3. The van der Waals surface area contributed by atoms with Crippen LogP contribution in [0.4, 0.5) is 0 Å². The summed E-state index contributed by atoms with van der Waals surface area (Å²) >= 11 is 0. The molecule has 0 aromatic carbocycles. The highest BCUT2D eigenvalue weighted by Gasteiger charge is 2.40. The Balaban J connectivity index is 2.31. The Kier molecular flexibility index (Phi) is 3.36. The first-order valence-corrected chi connectivity index (χ1v) is 6.08. The number of hydrogen-bond donors (Lipinski definition) is 1. The molecule has 1 aromatic rings. The number of aromatic nitrogens is 2. The minimum atomic E-state index is -1.01. The predicted octanol–water partition coefficient (Wildman–Crippen LogP) is 1.04. The Labute approximate surface area is 105 Å². The lowest BCUT2D eigenvalue weighted by Gasteiger charge is -2.27. The van der Waals surface area contributed by atoms with Crippen molar-refractivity contribution in [3.8, 4) is 0 Å². The number of carboxylic acid groups (broad SMARTS) is 1. The Morgan fingerprint density at radius 3 is 2.67 bits per heavy atom. The Morgan fingerprint density at radius 1 is 1.61 bits per heavy atom. The lowest BCUT2D eigenvalue weighted by atomic mass is 10.1. The van der Waals surface area contributed by atoms with Gasteiger partial charge in [0.1, 0.15) is 0 Å². The predicted molar refractivity (Wildman–Crippen MR) is 63.8 cm³/mol. The van der Waals surface area contributed by atoms with Crippen LogP contribution in [0.5, 0.6) is 0 Å². The number of rotatable bonds is 5. The van der Waals surface area contributed by atoms with E-state index in [0.29, 0.717) is 12.1 Å². The molecule has 0 spiro atoms. The van der Waals surface area contributed by atoms with Crippen LogP contribution in [0.2, 0.25) is 0 Å². The van der Waals surface area contributed by atoms with E-state index in [1.165, 1.54) is 18.0 Å². The van der Waals surface area contributed by atoms with Crippen LogP contribution in [0.15, 0.2) is 12.4 Å². The summed E-state index contributed by atoms with van der Waals surface area (Å²) in [5.41, 5.74) is 0.562. The molecule has 2 rings (SSSR count). The normalized spacial score (nSPS) is 16.3. The van der Waals surface area contributed by atoms with Gasteiger partial charge in [0.25, 0.3) is 0 Å². The lowest BCUT2D eigenvalue weighted by Crippen LogP contribution is -2.39. The average Bonchev–Trinajstić information content (AvgIpc) is 3.02. The fourth-order valence-electron chi connectivity index (χ4n) is 2.12. The first-order valence-electron chi connectivity index (χ1n) is 6.08. The maximum Gasteiger partial charge on any atom is 0.331 e. The van der Waals surface area contributed by atoms with Gasteiger partial charge in [-0.1, -0.05) is 0 Å². The van der Waals surface area contributed by atoms with Gasteiger partial charge in [-0.05, 0) is 19.8 Å². The van der Waals surface area contributed by atoms with Crippen molar-refractivity contribution in [2.75, 3.05) is 0 Å². The molecule has 1 N–H and O–H groups in total. The summed E-state index contributed by atoms with van der Waals surface area (Å²) in [6.45, 7) is 4.02. The van der Waals surface area contributed by atoms with Crippen molar-refractivity contribution in [2.45, 2.75) is 45.3 Å². The third-order valence-electron chi connectivity index (χ3n) is 3.11. The van der Waals surface area contributed by atoms with E-state index in [4.69, 9.17) is 0 Å². The number of amides is 1. The average molecular weight is 251 g/mol. The number of hydrogen-bond acceptors (Lipinski definition) is 3. The SMILES string of the molecule is CCn1cc(C(C(=O)O)N(C(C)=O)C2CC2)cn1. The standard InChI is InChI=1S/C12H17N3O3/c1-3-14-7-9(6-13-14)11(12(17)18)15(8(2)16)10-4-5-10/h6-7,10-11H,3-5H2,1-2H3,(H,17,18). The van der Waals surface area contributed by atoms with Crippen LogP contribution in [0.25, 0.3) is 0 Å². The van der Waals surface area contributed by atoms with Crippen molar-refractivity contribution >= 4 is 11.9 Å². The van der Waals surface area contributed by atoms with Gasteiger partial charge in [0, 0.05) is 31.3 Å². The molecule has 1 atom stereocenters. The maximum atomic E-state index is 11.7. The van der Waals surface area contributed by atoms with Gasteiger partial charge >= 0.3 is 5.97 Å². The zero-order valence-corrected chi connectivity index (χ0v) is 10.5. The minimum absolute atomic E-state index is 0.0635. The molecule has 6 heteroatoms. The van der Waals surface area contributed by atoms with Crippen LogP contribution >= 0.6 is 0 Å². The zero-order valence-electron chi connectivity index (χ0n) is 10.5. The molecule has 0 aliphatic heterocycles. The van der Waals surface area contributed by atoms with Crippen molar-refractivity contribution in [2.24, 2.45) is 0 Å². The van der Waals surface area contributed by atoms with Gasteiger partial charge in [0.05, 0.1) is 6.20 Å². The molecule has 1 saturated carbocycles. The van der Waals surface area contributed by atoms with Crippen LogP contribution < -0.4 is 0 Å². The van der Waals surface area contributed by atoms with Gasteiger partial charge in [-0.15, -0.1) is 0 Å². The van der Waals surface area contributed by atoms with Crippen molar-refractivity contribution in [3.05, 3.63) is 18.0 Å². The van der Waals surface area contributed by atoms with E-state index in [0.717, 1.165) is 12.8 Å². The second-order valence-corrected chi connectivity index (χ2v) is 4.53. The molecule has 6 nitrogen and oxygen atoms in total. The molecule has 1 heterocycles. The van der Waals surface area contributed by atoms with Crippen LogP contribution in [0, 0.1) is 0 Å². The van der Waals surface area contributed by atoms with Crippen LogP contribution in [-0.4, -0.2) is 37.7 Å². The van der Waals surface area contributed by atoms with E-state index < -0.39 is 12.0 Å². The molecule has 1 fully saturated rings. The molecule has 0 saturated heterocycles. The Morgan fingerprint density at radius 2 is 2.28 bits per heavy atom. The van der Waals surface area contributed by atoms with Crippen molar-refractivity contribution < 1.29 is 14.7 Å². The van der Waals surface area contributed by atoms with Crippen molar-refractivity contribution in [1.82, 2.24) is 14.7 Å². The van der Waals surface area contributed by atoms with Gasteiger partial charge in [0.15, 0.2) is 6.04 Å². The van der Waals surface area contributed by atoms with E-state index in [1.807, 2.05) is 6.92 Å². The van der Waals surface area contributed by atoms with Gasteiger partial charge in [0.2, 0.25) is 5.91 Å². The number of aryl methyl sites for hydroxylation is 1. The zero-order chi connectivity index (χ0) is 13.3. The number of carbonyl (C=O) groups is 2. The second kappa shape index (κ2) is 4.80. The van der Waals surface area contributed by atoms with Gasteiger partial charge < -0.3 is 10.0 Å². The smallest absolute Gasteiger partial charge is 0.331 e. The summed E-state index contributed by atoms with van der Waals surface area (Å²) < 4.78 is 1.66. The molecular formula is C12H17N3O3. The fraction of sp³-hybridized carbons (Fsp3) is 0.583. The van der Waals surface area contributed by atoms with E-state index in [-0.39, 0.29) is 11.9 Å². The summed E-state index contributed by atoms with van der Waals surface area (Å²) in [6, 6.07) is -0.858. The van der Waals surface area contributed by atoms with Crippen molar-refractivity contribution in [3.63, 3.8) is 0 Å². The van der Waals surface area contributed by atoms with Crippen LogP contribution in [0.1, 0.15) is 38.3 Å². The summed E-state index contributed by atoms with van der Waals surface area (Å²) in [6.07, 6.45) is 4.98. The molecular weight excluding hydrogens is 234 g/mol. The fourth-order valence-corrected chi connectivity index (χ4v) is 2.12. The molecule has 1 unspecified atom stereocenters.